The van der Waals surface area contributed by atoms with Gasteiger partial charge in [-0.3, -0.25) is 4.79 Å². The highest BCUT2D eigenvalue weighted by Crippen LogP contribution is 2.18. The zero-order valence-electron chi connectivity index (χ0n) is 8.97. The molecule has 0 saturated carbocycles. The molecule has 3 nitrogen and oxygen atoms in total. The lowest BCUT2D eigenvalue weighted by Gasteiger charge is -2.30. The second kappa shape index (κ2) is 4.49. The van der Waals surface area contributed by atoms with Crippen molar-refractivity contribution in [1.29, 1.82) is 0 Å². The van der Waals surface area contributed by atoms with Crippen LogP contribution in [0.5, 0.6) is 0 Å². The summed E-state index contributed by atoms with van der Waals surface area (Å²) >= 11 is 5.97. The Morgan fingerprint density at radius 2 is 2.29 bits per heavy atom. The molecule has 0 bridgehead atoms. The maximum Gasteiger partial charge on any atom is 0.225 e. The van der Waals surface area contributed by atoms with E-state index in [2.05, 4.69) is 5.32 Å². The van der Waals surface area contributed by atoms with Gasteiger partial charge in [-0.2, -0.15) is 0 Å². The summed E-state index contributed by atoms with van der Waals surface area (Å²) in [5.74, 6) is 0.0599. The minimum Gasteiger partial charge on any atom is -0.381 e. The monoisotopic (exact) mass is 219 g/mol. The Labute approximate surface area is 90.1 Å². The standard InChI is InChI=1S/C10H18ClNO2/c1-7(11)10(2,3)12-9(13)8-4-5-14-6-8/h7-8H,4-6H2,1-3H3,(H,12,13). The zero-order chi connectivity index (χ0) is 10.8. The van der Waals surface area contributed by atoms with Crippen LogP contribution in [0.3, 0.4) is 0 Å². The molecule has 1 heterocycles. The third-order valence-electron chi connectivity index (χ3n) is 2.74. The Kier molecular flexibility index (Phi) is 3.78. The Morgan fingerprint density at radius 3 is 2.71 bits per heavy atom. The van der Waals surface area contributed by atoms with E-state index in [1.165, 1.54) is 0 Å². The first-order valence-electron chi connectivity index (χ1n) is 4.97. The van der Waals surface area contributed by atoms with E-state index in [-0.39, 0.29) is 22.7 Å². The van der Waals surface area contributed by atoms with Crippen LogP contribution in [0.1, 0.15) is 27.2 Å². The largest absolute Gasteiger partial charge is 0.381 e. The van der Waals surface area contributed by atoms with Crippen molar-refractivity contribution in [3.8, 4) is 0 Å². The van der Waals surface area contributed by atoms with E-state index in [0.29, 0.717) is 13.2 Å². The SMILES string of the molecule is CC(Cl)C(C)(C)NC(=O)C1CCOC1. The lowest BCUT2D eigenvalue weighted by Crippen LogP contribution is -2.51. The molecule has 2 atom stereocenters. The molecule has 0 aromatic rings. The molecule has 0 spiro atoms. The van der Waals surface area contributed by atoms with Gasteiger partial charge in [-0.05, 0) is 27.2 Å². The maximum absolute atomic E-state index is 11.7. The molecular formula is C10H18ClNO2. The first-order chi connectivity index (χ1) is 6.43. The van der Waals surface area contributed by atoms with Crippen LogP contribution in [-0.4, -0.2) is 30.0 Å². The topological polar surface area (TPSA) is 38.3 Å². The van der Waals surface area contributed by atoms with Gasteiger partial charge < -0.3 is 10.1 Å². The highest BCUT2D eigenvalue weighted by Gasteiger charge is 2.31. The van der Waals surface area contributed by atoms with Crippen LogP contribution in [0.25, 0.3) is 0 Å². The molecule has 1 saturated heterocycles. The smallest absolute Gasteiger partial charge is 0.225 e. The summed E-state index contributed by atoms with van der Waals surface area (Å²) in [6, 6.07) is 0. The first-order valence-corrected chi connectivity index (χ1v) is 5.41. The van der Waals surface area contributed by atoms with Gasteiger partial charge in [0.2, 0.25) is 5.91 Å². The van der Waals surface area contributed by atoms with E-state index in [1.54, 1.807) is 0 Å². The summed E-state index contributed by atoms with van der Waals surface area (Å²) in [5, 5.41) is 2.86. The molecule has 0 aromatic carbocycles. The van der Waals surface area contributed by atoms with E-state index < -0.39 is 0 Å². The average Bonchev–Trinajstić information content (AvgIpc) is 2.54. The van der Waals surface area contributed by atoms with Gasteiger partial charge in [0, 0.05) is 6.61 Å². The van der Waals surface area contributed by atoms with Crippen LogP contribution in [-0.2, 0) is 9.53 Å². The predicted molar refractivity (Wildman–Crippen MR) is 56.5 cm³/mol. The first kappa shape index (κ1) is 11.8. The maximum atomic E-state index is 11.7. The van der Waals surface area contributed by atoms with Crippen LogP contribution >= 0.6 is 11.6 Å². The van der Waals surface area contributed by atoms with E-state index in [0.717, 1.165) is 6.42 Å². The Morgan fingerprint density at radius 1 is 1.64 bits per heavy atom. The number of carbonyl (C=O) groups is 1. The average molecular weight is 220 g/mol. The summed E-state index contributed by atoms with van der Waals surface area (Å²) in [6.45, 7) is 6.97. The minimum atomic E-state index is -0.360. The quantitative estimate of drug-likeness (QED) is 0.732. The van der Waals surface area contributed by atoms with Gasteiger partial charge in [-0.25, -0.2) is 0 Å². The summed E-state index contributed by atoms with van der Waals surface area (Å²) in [4.78, 5) is 11.7. The fourth-order valence-electron chi connectivity index (χ4n) is 1.26. The van der Waals surface area contributed by atoms with Crippen molar-refractivity contribution in [2.75, 3.05) is 13.2 Å². The third-order valence-corrected chi connectivity index (χ3v) is 3.29. The number of hydrogen-bond acceptors (Lipinski definition) is 2. The molecular weight excluding hydrogens is 202 g/mol. The molecule has 0 aromatic heterocycles. The summed E-state index contributed by atoms with van der Waals surface area (Å²) < 4.78 is 5.16. The summed E-state index contributed by atoms with van der Waals surface area (Å²) in [6.07, 6.45) is 0.818. The second-order valence-corrected chi connectivity index (χ2v) is 5.04. The van der Waals surface area contributed by atoms with E-state index >= 15 is 0 Å². The van der Waals surface area contributed by atoms with Crippen LogP contribution in [0, 0.1) is 5.92 Å². The number of nitrogens with one attached hydrogen (secondary N) is 1. The van der Waals surface area contributed by atoms with Crippen molar-refractivity contribution in [2.45, 2.75) is 38.1 Å². The zero-order valence-corrected chi connectivity index (χ0v) is 9.73. The molecule has 1 amide bonds. The molecule has 4 heteroatoms. The normalized spacial score (nSPS) is 24.7. The molecule has 1 fully saturated rings. The lowest BCUT2D eigenvalue weighted by molar-refractivity contribution is -0.126. The molecule has 82 valence electrons. The number of ether oxygens (including phenoxy) is 1. The number of amides is 1. The van der Waals surface area contributed by atoms with Gasteiger partial charge in [0.25, 0.3) is 0 Å². The minimum absolute atomic E-state index is 0.00434. The van der Waals surface area contributed by atoms with Crippen LogP contribution in [0.15, 0.2) is 0 Å². The van der Waals surface area contributed by atoms with E-state index in [1.807, 2.05) is 20.8 Å². The van der Waals surface area contributed by atoms with Crippen molar-refractivity contribution >= 4 is 17.5 Å². The van der Waals surface area contributed by atoms with Crippen LogP contribution < -0.4 is 5.32 Å². The van der Waals surface area contributed by atoms with Gasteiger partial charge in [0.1, 0.15) is 0 Å². The van der Waals surface area contributed by atoms with Crippen molar-refractivity contribution < 1.29 is 9.53 Å². The fraction of sp³-hybridized carbons (Fsp3) is 0.900. The highest BCUT2D eigenvalue weighted by atomic mass is 35.5. The van der Waals surface area contributed by atoms with Crippen molar-refractivity contribution in [3.05, 3.63) is 0 Å². The van der Waals surface area contributed by atoms with Crippen LogP contribution in [0.4, 0.5) is 0 Å². The van der Waals surface area contributed by atoms with E-state index in [9.17, 15) is 4.79 Å². The molecule has 1 aliphatic rings. The molecule has 0 aliphatic carbocycles. The fourth-order valence-corrected chi connectivity index (χ4v) is 1.31. The lowest BCUT2D eigenvalue weighted by atomic mass is 9.99. The Balaban J connectivity index is 2.46. The van der Waals surface area contributed by atoms with Crippen molar-refractivity contribution in [2.24, 2.45) is 5.92 Å². The van der Waals surface area contributed by atoms with Crippen LogP contribution in [0.2, 0.25) is 0 Å². The number of carbonyl (C=O) groups excluding carboxylic acids is 1. The molecule has 1 rings (SSSR count). The molecule has 2 unspecified atom stereocenters. The summed E-state index contributed by atoms with van der Waals surface area (Å²) in [5.41, 5.74) is -0.360. The van der Waals surface area contributed by atoms with E-state index in [4.69, 9.17) is 16.3 Å². The second-order valence-electron chi connectivity index (χ2n) is 4.39. The van der Waals surface area contributed by atoms with Crippen molar-refractivity contribution in [1.82, 2.24) is 5.32 Å². The van der Waals surface area contributed by atoms with Gasteiger partial charge >= 0.3 is 0 Å². The molecule has 0 radical (unpaired) electrons. The third kappa shape index (κ3) is 2.85. The predicted octanol–water partition coefficient (Wildman–Crippen LogP) is 1.55. The highest BCUT2D eigenvalue weighted by molar-refractivity contribution is 6.21. The number of alkyl halides is 1. The summed E-state index contributed by atoms with van der Waals surface area (Å²) in [7, 11) is 0. The molecule has 14 heavy (non-hydrogen) atoms. The van der Waals surface area contributed by atoms with Gasteiger partial charge in [0.15, 0.2) is 0 Å². The molecule has 1 aliphatic heterocycles. The Bertz CT molecular complexity index is 210. The number of halogens is 1. The van der Waals surface area contributed by atoms with Gasteiger partial charge in [0.05, 0.1) is 23.4 Å². The number of hydrogen-bond donors (Lipinski definition) is 1. The van der Waals surface area contributed by atoms with Gasteiger partial charge in [-0.15, -0.1) is 11.6 Å². The Hall–Kier alpha value is -0.280. The van der Waals surface area contributed by atoms with Crippen molar-refractivity contribution in [3.63, 3.8) is 0 Å². The van der Waals surface area contributed by atoms with Gasteiger partial charge in [-0.1, -0.05) is 0 Å². The number of rotatable bonds is 3. The molecule has 1 N–H and O–H groups in total.